The molecule has 5 nitrogen and oxygen atoms in total. The van der Waals surface area contributed by atoms with Crippen molar-refractivity contribution in [1.29, 1.82) is 0 Å². The third kappa shape index (κ3) is 4.49. The van der Waals surface area contributed by atoms with Gasteiger partial charge in [-0.2, -0.15) is 0 Å². The third-order valence-electron chi connectivity index (χ3n) is 3.33. The summed E-state index contributed by atoms with van der Waals surface area (Å²) in [5.74, 6) is -0.742. The van der Waals surface area contributed by atoms with Crippen molar-refractivity contribution >= 4 is 33.3 Å². The molecule has 0 fully saturated rings. The lowest BCUT2D eigenvalue weighted by Crippen LogP contribution is -2.13. The SMILES string of the molecule is CC(C)Cc1ccc(S(=O)(=O)Nc2ccc(Cl)c(C(=O)O)c2)cc1. The van der Waals surface area contributed by atoms with Gasteiger partial charge in [-0.15, -0.1) is 0 Å². The first kappa shape index (κ1) is 18.3. The van der Waals surface area contributed by atoms with Crippen LogP contribution >= 0.6 is 11.6 Å². The Morgan fingerprint density at radius 1 is 1.17 bits per heavy atom. The summed E-state index contributed by atoms with van der Waals surface area (Å²) in [7, 11) is -3.80. The van der Waals surface area contributed by atoms with Gasteiger partial charge in [-0.25, -0.2) is 13.2 Å². The highest BCUT2D eigenvalue weighted by Gasteiger charge is 2.16. The smallest absolute Gasteiger partial charge is 0.337 e. The Labute approximate surface area is 146 Å². The molecule has 2 aromatic rings. The van der Waals surface area contributed by atoms with Gasteiger partial charge >= 0.3 is 5.97 Å². The minimum atomic E-state index is -3.80. The molecule has 0 saturated carbocycles. The Hall–Kier alpha value is -2.05. The predicted octanol–water partition coefficient (Wildman–Crippen LogP) is 4.04. The number of hydrogen-bond acceptors (Lipinski definition) is 3. The van der Waals surface area contributed by atoms with E-state index in [1.807, 2.05) is 0 Å². The molecule has 7 heteroatoms. The molecule has 2 rings (SSSR count). The Morgan fingerprint density at radius 3 is 2.33 bits per heavy atom. The molecule has 24 heavy (non-hydrogen) atoms. The second-order valence-corrected chi connectivity index (χ2v) is 7.94. The van der Waals surface area contributed by atoms with Crippen LogP contribution in [0.2, 0.25) is 5.02 Å². The molecule has 0 unspecified atom stereocenters. The maximum absolute atomic E-state index is 12.4. The highest BCUT2D eigenvalue weighted by Crippen LogP contribution is 2.23. The van der Waals surface area contributed by atoms with E-state index >= 15 is 0 Å². The van der Waals surface area contributed by atoms with E-state index in [9.17, 15) is 13.2 Å². The van der Waals surface area contributed by atoms with Gasteiger partial charge in [-0.1, -0.05) is 37.6 Å². The molecule has 0 atom stereocenters. The zero-order valence-corrected chi connectivity index (χ0v) is 14.9. The molecule has 0 amide bonds. The normalized spacial score (nSPS) is 11.5. The standard InChI is InChI=1S/C17H18ClNO4S/c1-11(2)9-12-3-6-14(7-4-12)24(22,23)19-13-5-8-16(18)15(10-13)17(20)21/h3-8,10-11,19H,9H2,1-2H3,(H,20,21). The lowest BCUT2D eigenvalue weighted by molar-refractivity contribution is 0.0697. The zero-order valence-electron chi connectivity index (χ0n) is 13.3. The average molecular weight is 368 g/mol. The van der Waals surface area contributed by atoms with Gasteiger partial charge in [0.1, 0.15) is 0 Å². The molecule has 2 aromatic carbocycles. The van der Waals surface area contributed by atoms with Crippen molar-refractivity contribution in [2.75, 3.05) is 4.72 Å². The van der Waals surface area contributed by atoms with Crippen LogP contribution in [0.1, 0.15) is 29.8 Å². The molecule has 2 N–H and O–H groups in total. The summed E-state index contributed by atoms with van der Waals surface area (Å²) in [5.41, 5.74) is 1.04. The number of nitrogens with one attached hydrogen (secondary N) is 1. The van der Waals surface area contributed by atoms with Crippen LogP contribution in [-0.2, 0) is 16.4 Å². The number of sulfonamides is 1. The number of hydrogen-bond donors (Lipinski definition) is 2. The van der Waals surface area contributed by atoms with Crippen LogP contribution in [-0.4, -0.2) is 19.5 Å². The summed E-state index contributed by atoms with van der Waals surface area (Å²) < 4.78 is 27.2. The summed E-state index contributed by atoms with van der Waals surface area (Å²) in [6.45, 7) is 4.18. The molecule has 0 bridgehead atoms. The van der Waals surface area contributed by atoms with Crippen molar-refractivity contribution in [2.45, 2.75) is 25.2 Å². The quantitative estimate of drug-likeness (QED) is 0.807. The number of rotatable bonds is 6. The van der Waals surface area contributed by atoms with Crippen molar-refractivity contribution in [2.24, 2.45) is 5.92 Å². The topological polar surface area (TPSA) is 83.5 Å². The minimum Gasteiger partial charge on any atom is -0.478 e. The van der Waals surface area contributed by atoms with Gasteiger partial charge in [0, 0.05) is 5.69 Å². The zero-order chi connectivity index (χ0) is 17.9. The maximum atomic E-state index is 12.4. The van der Waals surface area contributed by atoms with E-state index in [0.717, 1.165) is 12.0 Å². The number of anilines is 1. The number of carboxylic acid groups (broad SMARTS) is 1. The first-order valence-corrected chi connectivity index (χ1v) is 9.20. The van der Waals surface area contributed by atoms with Gasteiger partial charge in [0.2, 0.25) is 0 Å². The Balaban J connectivity index is 2.25. The van der Waals surface area contributed by atoms with E-state index in [0.29, 0.717) is 5.92 Å². The first-order valence-electron chi connectivity index (χ1n) is 7.33. The van der Waals surface area contributed by atoms with Crippen molar-refractivity contribution in [3.8, 4) is 0 Å². The number of carbonyl (C=O) groups is 1. The average Bonchev–Trinajstić information content (AvgIpc) is 2.48. The van der Waals surface area contributed by atoms with Gasteiger partial charge in [0.15, 0.2) is 0 Å². The molecule has 0 aromatic heterocycles. The second-order valence-electron chi connectivity index (χ2n) is 5.85. The van der Waals surface area contributed by atoms with E-state index in [4.69, 9.17) is 16.7 Å². The summed E-state index contributed by atoms with van der Waals surface area (Å²) >= 11 is 5.78. The van der Waals surface area contributed by atoms with E-state index in [-0.39, 0.29) is 21.2 Å². The summed E-state index contributed by atoms with van der Waals surface area (Å²) in [5, 5.41) is 9.09. The molecule has 0 heterocycles. The first-order chi connectivity index (χ1) is 11.2. The molecule has 0 radical (unpaired) electrons. The van der Waals surface area contributed by atoms with Crippen LogP contribution in [0.5, 0.6) is 0 Å². The number of aromatic carboxylic acids is 1. The Morgan fingerprint density at radius 2 is 1.79 bits per heavy atom. The summed E-state index contributed by atoms with van der Waals surface area (Å²) in [6, 6.07) is 10.6. The molecule has 0 spiro atoms. The van der Waals surface area contributed by atoms with Crippen LogP contribution in [0, 0.1) is 5.92 Å². The van der Waals surface area contributed by atoms with Crippen molar-refractivity contribution in [3.63, 3.8) is 0 Å². The lowest BCUT2D eigenvalue weighted by Gasteiger charge is -2.10. The fourth-order valence-corrected chi connectivity index (χ4v) is 3.49. The molecule has 0 aliphatic heterocycles. The fourth-order valence-electron chi connectivity index (χ4n) is 2.24. The van der Waals surface area contributed by atoms with Gasteiger partial charge in [-0.3, -0.25) is 4.72 Å². The number of halogens is 1. The minimum absolute atomic E-state index is 0.0449. The van der Waals surface area contributed by atoms with Crippen molar-refractivity contribution in [3.05, 3.63) is 58.6 Å². The Kier molecular flexibility index (Phi) is 5.51. The van der Waals surface area contributed by atoms with Crippen LogP contribution in [0.3, 0.4) is 0 Å². The maximum Gasteiger partial charge on any atom is 0.337 e. The van der Waals surface area contributed by atoms with E-state index in [1.165, 1.54) is 30.3 Å². The fraction of sp³-hybridized carbons (Fsp3) is 0.235. The molecule has 0 aliphatic carbocycles. The van der Waals surface area contributed by atoms with E-state index in [1.54, 1.807) is 12.1 Å². The largest absolute Gasteiger partial charge is 0.478 e. The van der Waals surface area contributed by atoms with Crippen molar-refractivity contribution in [1.82, 2.24) is 0 Å². The molecule has 128 valence electrons. The van der Waals surface area contributed by atoms with Crippen LogP contribution < -0.4 is 4.72 Å². The highest BCUT2D eigenvalue weighted by atomic mass is 35.5. The van der Waals surface area contributed by atoms with Gasteiger partial charge in [-0.05, 0) is 48.2 Å². The highest BCUT2D eigenvalue weighted by molar-refractivity contribution is 7.92. The Bertz CT molecular complexity index is 845. The second kappa shape index (κ2) is 7.23. The predicted molar refractivity (Wildman–Crippen MR) is 94.2 cm³/mol. The molecule has 0 saturated heterocycles. The summed E-state index contributed by atoms with van der Waals surface area (Å²) in [4.78, 5) is 11.2. The van der Waals surface area contributed by atoms with Crippen LogP contribution in [0.15, 0.2) is 47.4 Å². The lowest BCUT2D eigenvalue weighted by atomic mass is 10.0. The number of carboxylic acids is 1. The van der Waals surface area contributed by atoms with Crippen LogP contribution in [0.25, 0.3) is 0 Å². The van der Waals surface area contributed by atoms with Crippen LogP contribution in [0.4, 0.5) is 5.69 Å². The molecular weight excluding hydrogens is 350 g/mol. The monoisotopic (exact) mass is 367 g/mol. The van der Waals surface area contributed by atoms with Gasteiger partial charge in [0.25, 0.3) is 10.0 Å². The van der Waals surface area contributed by atoms with Gasteiger partial charge in [0.05, 0.1) is 15.5 Å². The van der Waals surface area contributed by atoms with E-state index < -0.39 is 16.0 Å². The number of benzene rings is 2. The van der Waals surface area contributed by atoms with Crippen molar-refractivity contribution < 1.29 is 18.3 Å². The molecule has 0 aliphatic rings. The van der Waals surface area contributed by atoms with Gasteiger partial charge < -0.3 is 5.11 Å². The molecular formula is C17H18ClNO4S. The van der Waals surface area contributed by atoms with E-state index in [2.05, 4.69) is 18.6 Å². The third-order valence-corrected chi connectivity index (χ3v) is 5.05. The summed E-state index contributed by atoms with van der Waals surface area (Å²) in [6.07, 6.45) is 0.868.